The van der Waals surface area contributed by atoms with Gasteiger partial charge < -0.3 is 5.73 Å². The van der Waals surface area contributed by atoms with Crippen LogP contribution in [0.5, 0.6) is 0 Å². The number of aromatic nitrogens is 1. The fourth-order valence-electron chi connectivity index (χ4n) is 1.82. The first-order valence-electron chi connectivity index (χ1n) is 6.67. The minimum absolute atomic E-state index is 0.000469. The second kappa shape index (κ2) is 7.64. The lowest BCUT2D eigenvalue weighted by molar-refractivity contribution is -0.384. The average Bonchev–Trinajstić information content (AvgIpc) is 2.60. The highest BCUT2D eigenvalue weighted by Crippen LogP contribution is 2.31. The van der Waals surface area contributed by atoms with E-state index >= 15 is 0 Å². The molecule has 0 spiro atoms. The Kier molecular flexibility index (Phi) is 5.78. The first kappa shape index (κ1) is 18.9. The topological polar surface area (TPSA) is 125 Å². The smallest absolute Gasteiger partial charge is 0.337 e. The normalized spacial score (nSPS) is 11.3. The third-order valence-electron chi connectivity index (χ3n) is 3.15. The van der Waals surface area contributed by atoms with Gasteiger partial charge in [0.25, 0.3) is 16.5 Å². The molecule has 0 aliphatic carbocycles. The molecular weight excluding hydrogens is 393 g/mol. The molecule has 0 saturated heterocycles. The number of H-pyrrole nitrogens is 1. The van der Waals surface area contributed by atoms with Gasteiger partial charge in [-0.05, 0) is 18.5 Å². The number of nitrogens with one attached hydrogen (secondary N) is 2. The maximum Gasteiger partial charge on any atom is 0.337 e. The molecule has 0 aliphatic rings. The van der Waals surface area contributed by atoms with Crippen molar-refractivity contribution in [2.24, 2.45) is 5.10 Å². The highest BCUT2D eigenvalue weighted by Gasteiger charge is 2.26. The van der Waals surface area contributed by atoms with Gasteiger partial charge in [-0.15, -0.1) is 0 Å². The quantitative estimate of drug-likeness (QED) is 0.352. The molecule has 0 atom stereocenters. The number of anilines is 1. The first-order valence-corrected chi connectivity index (χ1v) is 7.80. The fraction of sp³-hybridized carbons (Fsp3) is 0.0714. The van der Waals surface area contributed by atoms with Crippen LogP contribution in [0.2, 0.25) is 15.2 Å². The number of nitrogens with two attached hydrogens (primary N) is 1. The molecule has 4 N–H and O–H groups in total. The molecule has 8 nitrogen and oxygen atoms in total. The summed E-state index contributed by atoms with van der Waals surface area (Å²) in [7, 11) is 0. The fourth-order valence-corrected chi connectivity index (χ4v) is 2.44. The van der Waals surface area contributed by atoms with E-state index in [1.807, 2.05) is 0 Å². The summed E-state index contributed by atoms with van der Waals surface area (Å²) in [5.74, 6) is -0.708. The summed E-state index contributed by atoms with van der Waals surface area (Å²) < 4.78 is 0. The molecule has 0 saturated carbocycles. The largest absolute Gasteiger partial charge is 0.396 e. The van der Waals surface area contributed by atoms with E-state index in [0.717, 1.165) is 0 Å². The molecule has 2 rings (SSSR count). The molecule has 1 heterocycles. The molecule has 1 amide bonds. The standard InChI is InChI=1S/C14H10Cl3N5O3/c1-6(7-3-2-4-8(5-7)22(24)25)20-21-14(23)12-9(15)11(18)10(16)13(17)19-12/h2-5H,1H3,(H2,18,19)(H,21,23)/p+1/b20-6+. The van der Waals surface area contributed by atoms with Crippen LogP contribution >= 0.6 is 34.8 Å². The minimum Gasteiger partial charge on any atom is -0.396 e. The first-order chi connectivity index (χ1) is 11.7. The van der Waals surface area contributed by atoms with Gasteiger partial charge >= 0.3 is 5.91 Å². The highest BCUT2D eigenvalue weighted by atomic mass is 35.5. The van der Waals surface area contributed by atoms with Gasteiger partial charge in [-0.2, -0.15) is 10.1 Å². The van der Waals surface area contributed by atoms with Crippen LogP contribution in [0.25, 0.3) is 0 Å². The van der Waals surface area contributed by atoms with Gasteiger partial charge in [-0.3, -0.25) is 14.9 Å². The molecule has 0 aliphatic heterocycles. The number of carbonyl (C=O) groups excluding carboxylic acids is 1. The van der Waals surface area contributed by atoms with Gasteiger partial charge in [-0.1, -0.05) is 35.3 Å². The van der Waals surface area contributed by atoms with Gasteiger partial charge in [0.1, 0.15) is 10.0 Å². The van der Waals surface area contributed by atoms with Crippen molar-refractivity contribution >= 4 is 57.8 Å². The zero-order valence-electron chi connectivity index (χ0n) is 12.6. The van der Waals surface area contributed by atoms with Crippen LogP contribution in [-0.2, 0) is 0 Å². The molecule has 2 aromatic rings. The number of carbonyl (C=O) groups is 1. The molecule has 0 fully saturated rings. The van der Waals surface area contributed by atoms with E-state index in [4.69, 9.17) is 40.5 Å². The Hall–Kier alpha value is -2.42. The summed E-state index contributed by atoms with van der Waals surface area (Å²) in [5, 5.41) is 14.5. The molecule has 0 radical (unpaired) electrons. The Labute approximate surface area is 156 Å². The van der Waals surface area contributed by atoms with Crippen LogP contribution in [0, 0.1) is 10.1 Å². The van der Waals surface area contributed by atoms with E-state index < -0.39 is 10.8 Å². The predicted molar refractivity (Wildman–Crippen MR) is 95.2 cm³/mol. The number of nitrogens with zero attached hydrogens (tertiary/aromatic N) is 2. The number of nitro benzene ring substituents is 1. The lowest BCUT2D eigenvalue weighted by atomic mass is 10.1. The maximum atomic E-state index is 12.2. The Morgan fingerprint density at radius 2 is 2.00 bits per heavy atom. The number of rotatable bonds is 4. The number of hydrogen-bond donors (Lipinski definition) is 2. The van der Waals surface area contributed by atoms with Crippen LogP contribution in [0.1, 0.15) is 23.0 Å². The highest BCUT2D eigenvalue weighted by molar-refractivity contribution is 6.45. The van der Waals surface area contributed by atoms with Gasteiger partial charge in [0.15, 0.2) is 0 Å². The van der Waals surface area contributed by atoms with Crippen LogP contribution in [0.3, 0.4) is 0 Å². The third-order valence-corrected chi connectivity index (χ3v) is 4.31. The molecule has 25 heavy (non-hydrogen) atoms. The SMILES string of the molecule is C/C(=N\NC(=O)c1[nH+]c(Cl)c(Cl)c(N)c1Cl)c1cccc([N+](=O)[O-])c1. The van der Waals surface area contributed by atoms with E-state index in [0.29, 0.717) is 11.3 Å². The van der Waals surface area contributed by atoms with Crippen molar-refractivity contribution in [2.75, 3.05) is 5.73 Å². The molecule has 1 aromatic carbocycles. The summed E-state index contributed by atoms with van der Waals surface area (Å²) in [6, 6.07) is 5.82. The number of hydrogen-bond acceptors (Lipinski definition) is 5. The number of benzene rings is 1. The second-order valence-electron chi connectivity index (χ2n) is 4.80. The Bertz CT molecular complexity index is 902. The summed E-state index contributed by atoms with van der Waals surface area (Å²) in [5.41, 5.74) is 8.49. The zero-order chi connectivity index (χ0) is 18.7. The zero-order valence-corrected chi connectivity index (χ0v) is 14.9. The number of nitrogen functional groups attached to an aromatic ring is 1. The van der Waals surface area contributed by atoms with Crippen molar-refractivity contribution < 1.29 is 14.7 Å². The van der Waals surface area contributed by atoms with Crippen LogP contribution < -0.4 is 16.1 Å². The average molecular weight is 404 g/mol. The number of aromatic amines is 1. The minimum atomic E-state index is -0.708. The Morgan fingerprint density at radius 3 is 2.64 bits per heavy atom. The summed E-state index contributed by atoms with van der Waals surface area (Å²) >= 11 is 17.6. The number of amides is 1. The summed E-state index contributed by atoms with van der Waals surface area (Å²) in [6.07, 6.45) is 0. The molecule has 130 valence electrons. The predicted octanol–water partition coefficient (Wildman–Crippen LogP) is 3.11. The second-order valence-corrected chi connectivity index (χ2v) is 5.94. The van der Waals surface area contributed by atoms with E-state index in [9.17, 15) is 14.9 Å². The Balaban J connectivity index is 2.26. The van der Waals surface area contributed by atoms with Crippen molar-refractivity contribution in [3.05, 3.63) is 60.8 Å². The lowest BCUT2D eigenvalue weighted by Gasteiger charge is -2.04. The van der Waals surface area contributed by atoms with E-state index in [-0.39, 0.29) is 32.3 Å². The van der Waals surface area contributed by atoms with Crippen LogP contribution in [0.15, 0.2) is 29.4 Å². The molecular formula is C14H11Cl3N5O3+. The lowest BCUT2D eigenvalue weighted by Crippen LogP contribution is -2.29. The van der Waals surface area contributed by atoms with Crippen molar-refractivity contribution in [2.45, 2.75) is 6.92 Å². The van der Waals surface area contributed by atoms with Gasteiger partial charge in [0, 0.05) is 17.7 Å². The van der Waals surface area contributed by atoms with Crippen molar-refractivity contribution in [3.8, 4) is 0 Å². The number of non-ortho nitro benzene ring substituents is 1. The molecule has 0 bridgehead atoms. The van der Waals surface area contributed by atoms with Crippen molar-refractivity contribution in [3.63, 3.8) is 0 Å². The van der Waals surface area contributed by atoms with Crippen LogP contribution in [-0.4, -0.2) is 16.5 Å². The van der Waals surface area contributed by atoms with E-state index in [1.165, 1.54) is 18.2 Å². The van der Waals surface area contributed by atoms with Gasteiger partial charge in [0.2, 0.25) is 0 Å². The monoisotopic (exact) mass is 402 g/mol. The number of nitro groups is 1. The van der Waals surface area contributed by atoms with E-state index in [2.05, 4.69) is 15.5 Å². The maximum absolute atomic E-state index is 12.2. The van der Waals surface area contributed by atoms with E-state index in [1.54, 1.807) is 13.0 Å². The molecule has 11 heteroatoms. The van der Waals surface area contributed by atoms with Gasteiger partial charge in [-0.25, -0.2) is 5.43 Å². The summed E-state index contributed by atoms with van der Waals surface area (Å²) in [4.78, 5) is 25.0. The molecule has 0 unspecified atom stereocenters. The number of halogens is 3. The Morgan fingerprint density at radius 1 is 1.32 bits per heavy atom. The number of hydrazone groups is 1. The van der Waals surface area contributed by atoms with Crippen molar-refractivity contribution in [1.29, 1.82) is 0 Å². The van der Waals surface area contributed by atoms with Crippen LogP contribution in [0.4, 0.5) is 11.4 Å². The van der Waals surface area contributed by atoms with Gasteiger partial charge in [0.05, 0.1) is 16.3 Å². The van der Waals surface area contributed by atoms with Crippen molar-refractivity contribution in [1.82, 2.24) is 5.43 Å². The third kappa shape index (κ3) is 4.16. The summed E-state index contributed by atoms with van der Waals surface area (Å²) in [6.45, 7) is 1.58. The number of pyridine rings is 1. The molecule has 1 aromatic heterocycles.